The van der Waals surface area contributed by atoms with Crippen molar-refractivity contribution in [3.8, 4) is 0 Å². The highest BCUT2D eigenvalue weighted by molar-refractivity contribution is 8.89. The van der Waals surface area contributed by atoms with Crippen LogP contribution in [-0.2, 0) is 0 Å². The Balaban J connectivity index is 4.76. The molecule has 0 saturated heterocycles. The molecule has 0 amide bonds. The van der Waals surface area contributed by atoms with E-state index in [-0.39, 0.29) is 0 Å². The highest BCUT2D eigenvalue weighted by Crippen LogP contribution is 2.29. The standard InChI is InChI=1S/C34H68N2S4/c1-5-9-13-17-21-25-29-35(30-26-22-18-14-10-6-2)33(37)39-40-34(38)36(31-27-23-19-15-11-7-3)32-28-24-20-16-12-8-4/h5-32H2,1-4H3. The first-order chi connectivity index (χ1) is 19.6. The fourth-order valence-corrected chi connectivity index (χ4v) is 7.85. The van der Waals surface area contributed by atoms with Crippen molar-refractivity contribution in [3.05, 3.63) is 0 Å². The molecule has 0 aromatic carbocycles. The van der Waals surface area contributed by atoms with Crippen LogP contribution in [0.3, 0.4) is 0 Å². The molecule has 238 valence electrons. The van der Waals surface area contributed by atoms with E-state index in [4.69, 9.17) is 24.4 Å². The Labute approximate surface area is 271 Å². The van der Waals surface area contributed by atoms with E-state index < -0.39 is 0 Å². The molecule has 0 atom stereocenters. The first kappa shape index (κ1) is 40.5. The molecule has 0 radical (unpaired) electrons. The van der Waals surface area contributed by atoms with Gasteiger partial charge in [-0.05, 0) is 47.3 Å². The molecule has 0 saturated carbocycles. The summed E-state index contributed by atoms with van der Waals surface area (Å²) in [6, 6.07) is 0. The topological polar surface area (TPSA) is 6.48 Å². The van der Waals surface area contributed by atoms with Gasteiger partial charge in [0.25, 0.3) is 0 Å². The minimum atomic E-state index is 1.05. The molecular weight excluding hydrogens is 565 g/mol. The van der Waals surface area contributed by atoms with Crippen LogP contribution in [0.5, 0.6) is 0 Å². The number of unbranched alkanes of at least 4 members (excludes halogenated alkanes) is 20. The van der Waals surface area contributed by atoms with E-state index in [0.29, 0.717) is 0 Å². The second kappa shape index (κ2) is 32.4. The molecule has 0 spiro atoms. The van der Waals surface area contributed by atoms with E-state index in [2.05, 4.69) is 37.5 Å². The summed E-state index contributed by atoms with van der Waals surface area (Å²) in [5.41, 5.74) is 0. The van der Waals surface area contributed by atoms with Gasteiger partial charge in [0.05, 0.1) is 0 Å². The maximum Gasteiger partial charge on any atom is 0.147 e. The average molecular weight is 633 g/mol. The Morgan fingerprint density at radius 2 is 0.550 bits per heavy atom. The number of nitrogens with zero attached hydrogens (tertiary/aromatic N) is 2. The lowest BCUT2D eigenvalue weighted by atomic mass is 10.1. The van der Waals surface area contributed by atoms with Crippen molar-refractivity contribution < 1.29 is 0 Å². The van der Waals surface area contributed by atoms with Gasteiger partial charge in [-0.1, -0.05) is 181 Å². The molecule has 0 heterocycles. The molecule has 0 unspecified atom stereocenters. The largest absolute Gasteiger partial charge is 0.357 e. The fraction of sp³-hybridized carbons (Fsp3) is 0.941. The van der Waals surface area contributed by atoms with Gasteiger partial charge in [-0.2, -0.15) is 0 Å². The summed E-state index contributed by atoms with van der Waals surface area (Å²) in [6.07, 6.45) is 32.1. The molecule has 40 heavy (non-hydrogen) atoms. The summed E-state index contributed by atoms with van der Waals surface area (Å²) >= 11 is 12.0. The molecule has 0 aliphatic carbocycles. The minimum absolute atomic E-state index is 1.05. The molecule has 2 nitrogen and oxygen atoms in total. The summed E-state index contributed by atoms with van der Waals surface area (Å²) < 4.78 is 2.10. The van der Waals surface area contributed by atoms with Crippen molar-refractivity contribution in [2.75, 3.05) is 26.2 Å². The van der Waals surface area contributed by atoms with Crippen LogP contribution in [0, 0.1) is 0 Å². The zero-order valence-corrected chi connectivity index (χ0v) is 30.6. The molecule has 0 aliphatic heterocycles. The predicted molar refractivity (Wildman–Crippen MR) is 197 cm³/mol. The van der Waals surface area contributed by atoms with Crippen LogP contribution in [0.15, 0.2) is 0 Å². The van der Waals surface area contributed by atoms with Crippen LogP contribution in [0.4, 0.5) is 0 Å². The van der Waals surface area contributed by atoms with Gasteiger partial charge >= 0.3 is 0 Å². The summed E-state index contributed by atoms with van der Waals surface area (Å²) in [5, 5.41) is 0. The van der Waals surface area contributed by atoms with Crippen molar-refractivity contribution in [1.82, 2.24) is 9.80 Å². The van der Waals surface area contributed by atoms with Crippen LogP contribution >= 0.6 is 46.0 Å². The fourth-order valence-electron chi connectivity index (χ4n) is 5.10. The van der Waals surface area contributed by atoms with Crippen molar-refractivity contribution in [2.24, 2.45) is 0 Å². The smallest absolute Gasteiger partial charge is 0.147 e. The number of thiocarbonyl (C=S) groups is 2. The molecular formula is C34H68N2S4. The normalized spacial score (nSPS) is 11.2. The van der Waals surface area contributed by atoms with Gasteiger partial charge in [0.1, 0.15) is 8.64 Å². The first-order valence-electron chi connectivity index (χ1n) is 17.5. The van der Waals surface area contributed by atoms with Crippen LogP contribution in [0.25, 0.3) is 0 Å². The van der Waals surface area contributed by atoms with E-state index >= 15 is 0 Å². The molecule has 0 aromatic rings. The molecule has 0 fully saturated rings. The second-order valence-electron chi connectivity index (χ2n) is 11.7. The molecule has 0 N–H and O–H groups in total. The van der Waals surface area contributed by atoms with Gasteiger partial charge in [0.15, 0.2) is 0 Å². The maximum atomic E-state index is 6.00. The van der Waals surface area contributed by atoms with Gasteiger partial charge < -0.3 is 9.80 Å². The van der Waals surface area contributed by atoms with E-state index in [9.17, 15) is 0 Å². The quantitative estimate of drug-likeness (QED) is 0.0477. The van der Waals surface area contributed by atoms with E-state index in [1.165, 1.54) is 154 Å². The lowest BCUT2D eigenvalue weighted by Gasteiger charge is -2.27. The van der Waals surface area contributed by atoms with Gasteiger partial charge in [0, 0.05) is 26.2 Å². The Kier molecular flexibility index (Phi) is 32.8. The summed E-state index contributed by atoms with van der Waals surface area (Å²) in [4.78, 5) is 5.00. The SMILES string of the molecule is CCCCCCCCN(CCCCCCCC)C(=S)SSC(=S)N(CCCCCCCC)CCCCCCCC. The number of hydrogen-bond donors (Lipinski definition) is 0. The molecule has 0 rings (SSSR count). The molecule has 6 heteroatoms. The maximum absolute atomic E-state index is 6.00. The summed E-state index contributed by atoms with van der Waals surface area (Å²) in [7, 11) is 3.51. The van der Waals surface area contributed by atoms with Gasteiger partial charge in [-0.15, -0.1) is 0 Å². The summed E-state index contributed by atoms with van der Waals surface area (Å²) in [5.74, 6) is 0. The van der Waals surface area contributed by atoms with Crippen molar-refractivity contribution in [3.63, 3.8) is 0 Å². The minimum Gasteiger partial charge on any atom is -0.357 e. The van der Waals surface area contributed by atoms with Gasteiger partial charge in [-0.3, -0.25) is 0 Å². The van der Waals surface area contributed by atoms with Gasteiger partial charge in [0.2, 0.25) is 0 Å². The lowest BCUT2D eigenvalue weighted by molar-refractivity contribution is 0.395. The lowest BCUT2D eigenvalue weighted by Crippen LogP contribution is -2.31. The predicted octanol–water partition coefficient (Wildman–Crippen LogP) is 13.0. The number of rotatable bonds is 28. The Morgan fingerprint density at radius 3 is 0.775 bits per heavy atom. The third-order valence-corrected chi connectivity index (χ3v) is 11.6. The van der Waals surface area contributed by atoms with Crippen molar-refractivity contribution in [1.29, 1.82) is 0 Å². The zero-order chi connectivity index (χ0) is 29.5. The van der Waals surface area contributed by atoms with E-state index in [0.717, 1.165) is 34.8 Å². The Hall–Kier alpha value is 0.480. The zero-order valence-electron chi connectivity index (χ0n) is 27.3. The third kappa shape index (κ3) is 26.1. The van der Waals surface area contributed by atoms with Crippen molar-refractivity contribution in [2.45, 2.75) is 182 Å². The van der Waals surface area contributed by atoms with Crippen LogP contribution < -0.4 is 0 Å². The molecule has 0 aliphatic rings. The highest BCUT2D eigenvalue weighted by Gasteiger charge is 2.15. The van der Waals surface area contributed by atoms with Crippen LogP contribution in [0.1, 0.15) is 182 Å². The van der Waals surface area contributed by atoms with Crippen LogP contribution in [-0.4, -0.2) is 44.6 Å². The third-order valence-electron chi connectivity index (χ3n) is 7.83. The van der Waals surface area contributed by atoms with E-state index in [1.807, 2.05) is 0 Å². The Morgan fingerprint density at radius 1 is 0.350 bits per heavy atom. The first-order valence-corrected chi connectivity index (χ1v) is 20.5. The van der Waals surface area contributed by atoms with E-state index in [1.54, 1.807) is 21.6 Å². The molecule has 0 bridgehead atoms. The average Bonchev–Trinajstić information content (AvgIpc) is 2.96. The van der Waals surface area contributed by atoms with Gasteiger partial charge in [-0.25, -0.2) is 0 Å². The van der Waals surface area contributed by atoms with Crippen molar-refractivity contribution >= 4 is 54.7 Å². The molecule has 0 aromatic heterocycles. The Bertz CT molecular complexity index is 478. The second-order valence-corrected chi connectivity index (χ2v) is 15.1. The summed E-state index contributed by atoms with van der Waals surface area (Å²) in [6.45, 7) is 13.6. The van der Waals surface area contributed by atoms with Crippen LogP contribution in [0.2, 0.25) is 0 Å². The number of hydrogen-bond acceptors (Lipinski definition) is 4. The highest BCUT2D eigenvalue weighted by atomic mass is 33.1. The monoisotopic (exact) mass is 632 g/mol.